The van der Waals surface area contributed by atoms with Gasteiger partial charge in [-0.15, -0.1) is 0 Å². The van der Waals surface area contributed by atoms with Crippen LogP contribution in [0.5, 0.6) is 0 Å². The van der Waals surface area contributed by atoms with E-state index in [1.54, 1.807) is 45.0 Å². The molecule has 0 saturated carbocycles. The molecule has 0 radical (unpaired) electrons. The minimum absolute atomic E-state index is 0.00107. The average Bonchev–Trinajstić information content (AvgIpc) is 2.99. The van der Waals surface area contributed by atoms with Gasteiger partial charge >= 0.3 is 12.1 Å². The summed E-state index contributed by atoms with van der Waals surface area (Å²) in [5.74, 6) is -0.789. The molecular weight excluding hydrogens is 358 g/mol. The van der Waals surface area contributed by atoms with Gasteiger partial charge < -0.3 is 9.47 Å². The lowest BCUT2D eigenvalue weighted by Crippen LogP contribution is -2.44. The van der Waals surface area contributed by atoms with Gasteiger partial charge in [0.15, 0.2) is 9.84 Å². The van der Waals surface area contributed by atoms with Crippen LogP contribution in [0.4, 0.5) is 4.79 Å². The number of likely N-dealkylation sites (tertiary alicyclic amines) is 1. The van der Waals surface area contributed by atoms with Gasteiger partial charge in [0.2, 0.25) is 0 Å². The van der Waals surface area contributed by atoms with Gasteiger partial charge in [-0.3, -0.25) is 4.90 Å². The minimum atomic E-state index is -3.56. The highest BCUT2D eigenvalue weighted by molar-refractivity contribution is 7.91. The Kier molecular flexibility index (Phi) is 5.95. The molecule has 0 aromatic heterocycles. The molecule has 1 unspecified atom stereocenters. The Bertz CT molecular complexity index is 754. The average molecular weight is 383 g/mol. The summed E-state index contributed by atoms with van der Waals surface area (Å²) in [7, 11) is -2.35. The van der Waals surface area contributed by atoms with Crippen LogP contribution in [-0.2, 0) is 29.9 Å². The van der Waals surface area contributed by atoms with Crippen molar-refractivity contribution in [3.8, 4) is 0 Å². The molecule has 2 rings (SSSR count). The van der Waals surface area contributed by atoms with Crippen molar-refractivity contribution in [3.05, 3.63) is 35.9 Å². The van der Waals surface area contributed by atoms with E-state index in [2.05, 4.69) is 0 Å². The molecule has 1 fully saturated rings. The molecule has 1 saturated heterocycles. The van der Waals surface area contributed by atoms with Crippen molar-refractivity contribution in [1.29, 1.82) is 0 Å². The van der Waals surface area contributed by atoms with Crippen LogP contribution in [0.3, 0.4) is 0 Å². The Morgan fingerprint density at radius 2 is 1.81 bits per heavy atom. The van der Waals surface area contributed by atoms with E-state index in [4.69, 9.17) is 9.47 Å². The SMILES string of the molecule is COC(=O)C1C[C@@H](S(=O)(=O)Cc2ccccc2)CN1C(=O)OC(C)(C)C. The summed E-state index contributed by atoms with van der Waals surface area (Å²) >= 11 is 0. The van der Waals surface area contributed by atoms with E-state index in [0.29, 0.717) is 5.56 Å². The number of hydrogen-bond donors (Lipinski definition) is 0. The molecule has 8 heteroatoms. The first-order valence-electron chi connectivity index (χ1n) is 8.36. The quantitative estimate of drug-likeness (QED) is 0.740. The van der Waals surface area contributed by atoms with Crippen LogP contribution in [-0.4, -0.2) is 55.9 Å². The van der Waals surface area contributed by atoms with E-state index in [0.717, 1.165) is 4.90 Å². The number of carbonyl (C=O) groups excluding carboxylic acids is 2. The lowest BCUT2D eigenvalue weighted by atomic mass is 10.2. The van der Waals surface area contributed by atoms with E-state index < -0.39 is 38.8 Å². The number of ether oxygens (including phenoxy) is 2. The molecule has 144 valence electrons. The van der Waals surface area contributed by atoms with Crippen LogP contribution >= 0.6 is 0 Å². The maximum Gasteiger partial charge on any atom is 0.411 e. The molecule has 2 atom stereocenters. The van der Waals surface area contributed by atoms with Crippen LogP contribution in [0.15, 0.2) is 30.3 Å². The molecule has 26 heavy (non-hydrogen) atoms. The van der Waals surface area contributed by atoms with Gasteiger partial charge in [-0.1, -0.05) is 30.3 Å². The number of rotatable bonds is 4. The topological polar surface area (TPSA) is 90.0 Å². The van der Waals surface area contributed by atoms with Gasteiger partial charge in [-0.25, -0.2) is 18.0 Å². The number of methoxy groups -OCH3 is 1. The number of hydrogen-bond acceptors (Lipinski definition) is 6. The van der Waals surface area contributed by atoms with Crippen LogP contribution in [0.25, 0.3) is 0 Å². The Morgan fingerprint density at radius 3 is 2.35 bits per heavy atom. The van der Waals surface area contributed by atoms with Crippen LogP contribution < -0.4 is 0 Å². The number of nitrogens with zero attached hydrogens (tertiary/aromatic N) is 1. The van der Waals surface area contributed by atoms with E-state index >= 15 is 0 Å². The summed E-state index contributed by atoms with van der Waals surface area (Å²) in [5, 5.41) is -0.848. The predicted molar refractivity (Wildman–Crippen MR) is 96.2 cm³/mol. The smallest absolute Gasteiger partial charge is 0.411 e. The molecule has 0 N–H and O–H groups in total. The highest BCUT2D eigenvalue weighted by Crippen LogP contribution is 2.28. The highest BCUT2D eigenvalue weighted by atomic mass is 32.2. The van der Waals surface area contributed by atoms with E-state index in [-0.39, 0.29) is 18.7 Å². The third-order valence-electron chi connectivity index (χ3n) is 4.08. The Balaban J connectivity index is 2.21. The molecule has 1 aromatic carbocycles. The molecule has 0 spiro atoms. The second kappa shape index (κ2) is 7.65. The first-order valence-corrected chi connectivity index (χ1v) is 10.1. The van der Waals surface area contributed by atoms with Crippen molar-refractivity contribution >= 4 is 21.9 Å². The standard InChI is InChI=1S/C18H25NO6S/c1-18(2,3)25-17(21)19-11-14(10-15(19)16(20)24-4)26(22,23)12-13-8-6-5-7-9-13/h5-9,14-15H,10-12H2,1-4H3/t14-,15?/m1/s1. The lowest BCUT2D eigenvalue weighted by molar-refractivity contribution is -0.145. The van der Waals surface area contributed by atoms with Crippen molar-refractivity contribution in [2.75, 3.05) is 13.7 Å². The summed E-state index contributed by atoms with van der Waals surface area (Å²) in [6.45, 7) is 5.02. The molecule has 1 aliphatic heterocycles. The largest absolute Gasteiger partial charge is 0.467 e. The second-order valence-corrected chi connectivity index (χ2v) is 9.60. The minimum Gasteiger partial charge on any atom is -0.467 e. The Hall–Kier alpha value is -2.09. The zero-order valence-electron chi connectivity index (χ0n) is 15.5. The Labute approximate surface area is 154 Å². The Morgan fingerprint density at radius 1 is 1.19 bits per heavy atom. The number of esters is 1. The monoisotopic (exact) mass is 383 g/mol. The van der Waals surface area contributed by atoms with Crippen LogP contribution in [0.1, 0.15) is 32.8 Å². The van der Waals surface area contributed by atoms with E-state index in [9.17, 15) is 18.0 Å². The second-order valence-electron chi connectivity index (χ2n) is 7.32. The van der Waals surface area contributed by atoms with Gasteiger partial charge in [0.05, 0.1) is 18.1 Å². The van der Waals surface area contributed by atoms with Gasteiger partial charge in [0.1, 0.15) is 11.6 Å². The molecule has 0 bridgehead atoms. The zero-order valence-corrected chi connectivity index (χ0v) is 16.3. The lowest BCUT2D eigenvalue weighted by Gasteiger charge is -2.27. The number of sulfone groups is 1. The number of amides is 1. The predicted octanol–water partition coefficient (Wildman–Crippen LogP) is 2.15. The maximum atomic E-state index is 12.8. The first kappa shape index (κ1) is 20.2. The van der Waals surface area contributed by atoms with Crippen LogP contribution in [0.2, 0.25) is 0 Å². The van der Waals surface area contributed by atoms with Crippen molar-refractivity contribution in [2.24, 2.45) is 0 Å². The number of carbonyl (C=O) groups is 2. The summed E-state index contributed by atoms with van der Waals surface area (Å²) in [4.78, 5) is 25.6. The highest BCUT2D eigenvalue weighted by Gasteiger charge is 2.46. The number of benzene rings is 1. The van der Waals surface area contributed by atoms with Crippen molar-refractivity contribution in [1.82, 2.24) is 4.90 Å². The summed E-state index contributed by atoms with van der Waals surface area (Å²) in [6, 6.07) is 7.84. The van der Waals surface area contributed by atoms with Crippen molar-refractivity contribution in [2.45, 2.75) is 49.8 Å². The molecule has 1 aromatic rings. The van der Waals surface area contributed by atoms with E-state index in [1.165, 1.54) is 7.11 Å². The fraction of sp³-hybridized carbons (Fsp3) is 0.556. The summed E-state index contributed by atoms with van der Waals surface area (Å²) in [6.07, 6.45) is -0.716. The summed E-state index contributed by atoms with van der Waals surface area (Å²) in [5.41, 5.74) is -0.0866. The van der Waals surface area contributed by atoms with Gasteiger partial charge in [0, 0.05) is 6.54 Å². The fourth-order valence-electron chi connectivity index (χ4n) is 2.86. The molecule has 0 aliphatic carbocycles. The van der Waals surface area contributed by atoms with E-state index in [1.807, 2.05) is 6.07 Å². The van der Waals surface area contributed by atoms with Crippen molar-refractivity contribution in [3.63, 3.8) is 0 Å². The maximum absolute atomic E-state index is 12.8. The molecular formula is C18H25NO6S. The van der Waals surface area contributed by atoms with Gasteiger partial charge in [0.25, 0.3) is 0 Å². The zero-order chi connectivity index (χ0) is 19.5. The first-order chi connectivity index (χ1) is 12.0. The van der Waals surface area contributed by atoms with Crippen LogP contribution in [0, 0.1) is 0 Å². The van der Waals surface area contributed by atoms with Gasteiger partial charge in [-0.05, 0) is 32.8 Å². The third-order valence-corrected chi connectivity index (χ3v) is 6.18. The molecule has 1 heterocycles. The van der Waals surface area contributed by atoms with Crippen molar-refractivity contribution < 1.29 is 27.5 Å². The molecule has 1 amide bonds. The molecule has 1 aliphatic rings. The van der Waals surface area contributed by atoms with Gasteiger partial charge in [-0.2, -0.15) is 0 Å². The normalized spacial score (nSPS) is 20.7. The fourth-order valence-corrected chi connectivity index (χ4v) is 4.62. The summed E-state index contributed by atoms with van der Waals surface area (Å²) < 4.78 is 35.6. The third kappa shape index (κ3) is 4.97. The molecule has 7 nitrogen and oxygen atoms in total.